The maximum atomic E-state index is 9.38. The van der Waals surface area contributed by atoms with Crippen molar-refractivity contribution in [1.29, 1.82) is 0 Å². The summed E-state index contributed by atoms with van der Waals surface area (Å²) in [5.41, 5.74) is 3.15. The van der Waals surface area contributed by atoms with E-state index in [1.54, 1.807) is 14.2 Å². The van der Waals surface area contributed by atoms with Gasteiger partial charge in [0.25, 0.3) is 0 Å². The third-order valence-electron chi connectivity index (χ3n) is 3.30. The Hall–Kier alpha value is -1.26. The standard InChI is InChI=1S/C13H19NO3/c1-14-5-4-10-11(7-14)12(16-2)6-9(8-15)13(10)17-3/h6,15H,4-5,7-8H2,1-3H3. The molecule has 1 N–H and O–H groups in total. The minimum absolute atomic E-state index is 0.0251. The van der Waals surface area contributed by atoms with Crippen LogP contribution in [0.4, 0.5) is 0 Å². The second-order valence-corrected chi connectivity index (χ2v) is 4.37. The lowest BCUT2D eigenvalue weighted by molar-refractivity contribution is 0.266. The first-order valence-corrected chi connectivity index (χ1v) is 5.76. The molecule has 0 aromatic heterocycles. The molecule has 0 saturated carbocycles. The number of rotatable bonds is 3. The number of nitrogens with zero attached hydrogens (tertiary/aromatic N) is 1. The van der Waals surface area contributed by atoms with Crippen LogP contribution in [0.1, 0.15) is 16.7 Å². The van der Waals surface area contributed by atoms with Crippen LogP contribution in [0.2, 0.25) is 0 Å². The van der Waals surface area contributed by atoms with E-state index in [9.17, 15) is 5.11 Å². The molecule has 0 amide bonds. The zero-order chi connectivity index (χ0) is 12.4. The third kappa shape index (κ3) is 2.10. The summed E-state index contributed by atoms with van der Waals surface area (Å²) >= 11 is 0. The van der Waals surface area contributed by atoms with E-state index in [0.29, 0.717) is 0 Å². The number of ether oxygens (including phenoxy) is 2. The van der Waals surface area contributed by atoms with Crippen molar-refractivity contribution in [3.63, 3.8) is 0 Å². The predicted molar refractivity (Wildman–Crippen MR) is 65.5 cm³/mol. The average molecular weight is 237 g/mol. The molecule has 4 heteroatoms. The van der Waals surface area contributed by atoms with Gasteiger partial charge in [0.15, 0.2) is 0 Å². The monoisotopic (exact) mass is 237 g/mol. The highest BCUT2D eigenvalue weighted by molar-refractivity contribution is 5.54. The molecule has 1 aromatic rings. The van der Waals surface area contributed by atoms with Crippen molar-refractivity contribution in [3.05, 3.63) is 22.8 Å². The molecule has 1 aliphatic rings. The quantitative estimate of drug-likeness (QED) is 0.857. The summed E-state index contributed by atoms with van der Waals surface area (Å²) < 4.78 is 10.8. The van der Waals surface area contributed by atoms with Crippen LogP contribution in [-0.4, -0.2) is 37.8 Å². The topological polar surface area (TPSA) is 41.9 Å². The Morgan fingerprint density at radius 1 is 1.29 bits per heavy atom. The zero-order valence-corrected chi connectivity index (χ0v) is 10.6. The van der Waals surface area contributed by atoms with Crippen molar-refractivity contribution < 1.29 is 14.6 Å². The van der Waals surface area contributed by atoms with Gasteiger partial charge in [-0.2, -0.15) is 0 Å². The molecular weight excluding hydrogens is 218 g/mol. The van der Waals surface area contributed by atoms with E-state index in [4.69, 9.17) is 9.47 Å². The van der Waals surface area contributed by atoms with Crippen LogP contribution in [0.25, 0.3) is 0 Å². The van der Waals surface area contributed by atoms with Crippen LogP contribution in [0, 0.1) is 0 Å². The summed E-state index contributed by atoms with van der Waals surface area (Å²) in [6, 6.07) is 1.87. The van der Waals surface area contributed by atoms with E-state index < -0.39 is 0 Å². The maximum Gasteiger partial charge on any atom is 0.128 e. The van der Waals surface area contributed by atoms with Gasteiger partial charge in [-0.15, -0.1) is 0 Å². The molecule has 0 spiro atoms. The number of hydrogen-bond donors (Lipinski definition) is 1. The second-order valence-electron chi connectivity index (χ2n) is 4.37. The number of likely N-dealkylation sites (N-methyl/N-ethyl adjacent to an activating group) is 1. The Bertz CT molecular complexity index is 418. The van der Waals surface area contributed by atoms with Gasteiger partial charge in [0, 0.05) is 29.8 Å². The lowest BCUT2D eigenvalue weighted by Gasteiger charge is -2.28. The molecular formula is C13H19NO3. The minimum atomic E-state index is -0.0251. The molecule has 94 valence electrons. The largest absolute Gasteiger partial charge is 0.496 e. The van der Waals surface area contributed by atoms with Crippen LogP contribution >= 0.6 is 0 Å². The van der Waals surface area contributed by atoms with Gasteiger partial charge in [-0.1, -0.05) is 0 Å². The van der Waals surface area contributed by atoms with Gasteiger partial charge in [-0.3, -0.25) is 0 Å². The highest BCUT2D eigenvalue weighted by atomic mass is 16.5. The van der Waals surface area contributed by atoms with E-state index >= 15 is 0 Å². The van der Waals surface area contributed by atoms with Crippen molar-refractivity contribution in [2.75, 3.05) is 27.8 Å². The summed E-state index contributed by atoms with van der Waals surface area (Å²) in [4.78, 5) is 2.25. The minimum Gasteiger partial charge on any atom is -0.496 e. The molecule has 0 radical (unpaired) electrons. The highest BCUT2D eigenvalue weighted by Crippen LogP contribution is 2.37. The molecule has 0 unspecified atom stereocenters. The number of hydrogen-bond acceptors (Lipinski definition) is 4. The third-order valence-corrected chi connectivity index (χ3v) is 3.30. The second kappa shape index (κ2) is 4.94. The molecule has 0 aliphatic carbocycles. The van der Waals surface area contributed by atoms with Crippen LogP contribution in [0.15, 0.2) is 6.07 Å². The Morgan fingerprint density at radius 2 is 2.06 bits per heavy atom. The SMILES string of the molecule is COc1cc(CO)c(OC)c2c1CN(C)CC2. The number of benzene rings is 1. The van der Waals surface area contributed by atoms with Crippen LogP contribution in [-0.2, 0) is 19.6 Å². The molecule has 4 nitrogen and oxygen atoms in total. The van der Waals surface area contributed by atoms with Crippen LogP contribution in [0.3, 0.4) is 0 Å². The summed E-state index contributed by atoms with van der Waals surface area (Å²) in [6.07, 6.45) is 0.930. The highest BCUT2D eigenvalue weighted by Gasteiger charge is 2.23. The van der Waals surface area contributed by atoms with Crippen molar-refractivity contribution >= 4 is 0 Å². The first-order valence-electron chi connectivity index (χ1n) is 5.76. The summed E-state index contributed by atoms with van der Waals surface area (Å²) in [7, 11) is 5.41. The van der Waals surface area contributed by atoms with Gasteiger partial charge in [0.1, 0.15) is 11.5 Å². The van der Waals surface area contributed by atoms with Gasteiger partial charge in [-0.25, -0.2) is 0 Å². The average Bonchev–Trinajstić information content (AvgIpc) is 2.36. The normalized spacial score (nSPS) is 15.5. The maximum absolute atomic E-state index is 9.38. The molecule has 0 atom stereocenters. The van der Waals surface area contributed by atoms with E-state index in [1.807, 2.05) is 6.07 Å². The Labute approximate surface area is 102 Å². The fourth-order valence-corrected chi connectivity index (χ4v) is 2.43. The first kappa shape index (κ1) is 12.2. The van der Waals surface area contributed by atoms with Gasteiger partial charge < -0.3 is 19.5 Å². The van der Waals surface area contributed by atoms with Gasteiger partial charge >= 0.3 is 0 Å². The van der Waals surface area contributed by atoms with E-state index in [-0.39, 0.29) is 6.61 Å². The fraction of sp³-hybridized carbons (Fsp3) is 0.538. The summed E-state index contributed by atoms with van der Waals surface area (Å²) in [6.45, 7) is 1.84. The number of aliphatic hydroxyl groups excluding tert-OH is 1. The Morgan fingerprint density at radius 3 is 2.65 bits per heavy atom. The van der Waals surface area contributed by atoms with Crippen molar-refractivity contribution in [1.82, 2.24) is 4.90 Å². The smallest absolute Gasteiger partial charge is 0.128 e. The Balaban J connectivity index is 2.58. The molecule has 0 bridgehead atoms. The molecule has 0 saturated heterocycles. The van der Waals surface area contributed by atoms with Crippen molar-refractivity contribution in [3.8, 4) is 11.5 Å². The van der Waals surface area contributed by atoms with Crippen LogP contribution in [0.5, 0.6) is 11.5 Å². The zero-order valence-electron chi connectivity index (χ0n) is 10.6. The summed E-state index contributed by atoms with van der Waals surface area (Å²) in [5, 5.41) is 9.38. The lowest BCUT2D eigenvalue weighted by atomic mass is 9.95. The van der Waals surface area contributed by atoms with Crippen LogP contribution < -0.4 is 9.47 Å². The number of aliphatic hydroxyl groups is 1. The molecule has 1 heterocycles. The number of fused-ring (bicyclic) bond motifs is 1. The van der Waals surface area contributed by atoms with Gasteiger partial charge in [0.2, 0.25) is 0 Å². The molecule has 1 aromatic carbocycles. The van der Waals surface area contributed by atoms with Gasteiger partial charge in [-0.05, 0) is 19.5 Å². The van der Waals surface area contributed by atoms with Crippen molar-refractivity contribution in [2.24, 2.45) is 0 Å². The first-order chi connectivity index (χ1) is 8.21. The molecule has 17 heavy (non-hydrogen) atoms. The lowest BCUT2D eigenvalue weighted by Crippen LogP contribution is -2.27. The molecule has 1 aliphatic heterocycles. The van der Waals surface area contributed by atoms with Crippen molar-refractivity contribution in [2.45, 2.75) is 19.6 Å². The Kier molecular flexibility index (Phi) is 3.54. The number of methoxy groups -OCH3 is 2. The molecule has 2 rings (SSSR count). The fourth-order valence-electron chi connectivity index (χ4n) is 2.43. The van der Waals surface area contributed by atoms with E-state index in [2.05, 4.69) is 11.9 Å². The van der Waals surface area contributed by atoms with E-state index in [0.717, 1.165) is 36.6 Å². The molecule has 0 fully saturated rings. The summed E-state index contributed by atoms with van der Waals surface area (Å²) in [5.74, 6) is 1.66. The van der Waals surface area contributed by atoms with E-state index in [1.165, 1.54) is 11.1 Å². The van der Waals surface area contributed by atoms with Gasteiger partial charge in [0.05, 0.1) is 20.8 Å². The predicted octanol–water partition coefficient (Wildman–Crippen LogP) is 1.18.